The van der Waals surface area contributed by atoms with Crippen LogP contribution in [0.5, 0.6) is 5.75 Å². The Hall–Kier alpha value is -7.82. The van der Waals surface area contributed by atoms with Gasteiger partial charge in [0.2, 0.25) is 0 Å². The molecule has 68 heavy (non-hydrogen) atoms. The minimum Gasteiger partial charge on any atom is -0.507 e. The number of benzene rings is 8. The van der Waals surface area contributed by atoms with Crippen LogP contribution in [0.4, 0.5) is 0 Å². The summed E-state index contributed by atoms with van der Waals surface area (Å²) in [7, 11) is 0. The second-order valence-corrected chi connectivity index (χ2v) is 19.5. The number of aryl methyl sites for hydroxylation is 3. The average Bonchev–Trinajstić information content (AvgIpc) is 3.74. The van der Waals surface area contributed by atoms with E-state index < -0.39 is 5.89 Å². The zero-order valence-electron chi connectivity index (χ0n) is 41.2. The zero-order chi connectivity index (χ0) is 48.2. The molecule has 2 heterocycles. The molecular formula is C64H57N3O. The molecule has 2 aromatic heterocycles. The molecule has 1 N–H and O–H groups in total. The van der Waals surface area contributed by atoms with Crippen LogP contribution in [-0.4, -0.2) is 19.6 Å². The van der Waals surface area contributed by atoms with Crippen LogP contribution >= 0.6 is 0 Å². The number of phenols is 1. The van der Waals surface area contributed by atoms with Gasteiger partial charge in [-0.3, -0.25) is 9.55 Å². The molecule has 0 unspecified atom stereocenters. The Labute approximate surface area is 402 Å². The lowest BCUT2D eigenvalue weighted by molar-refractivity contribution is 0.472. The van der Waals surface area contributed by atoms with Gasteiger partial charge in [0.1, 0.15) is 11.6 Å². The Bertz CT molecular complexity index is 3520. The lowest BCUT2D eigenvalue weighted by atomic mass is 9.85. The molecule has 8 aromatic carbocycles. The van der Waals surface area contributed by atoms with Crippen molar-refractivity contribution in [1.29, 1.82) is 0 Å². The fourth-order valence-electron chi connectivity index (χ4n) is 9.57. The Balaban J connectivity index is 1.23. The summed E-state index contributed by atoms with van der Waals surface area (Å²) in [6.07, 6.45) is 1.88. The highest BCUT2D eigenvalue weighted by Crippen LogP contribution is 2.44. The van der Waals surface area contributed by atoms with Gasteiger partial charge in [0.15, 0.2) is 0 Å². The molecule has 0 radical (unpaired) electrons. The van der Waals surface area contributed by atoms with Crippen molar-refractivity contribution in [1.82, 2.24) is 14.5 Å². The fourth-order valence-corrected chi connectivity index (χ4v) is 9.57. The summed E-state index contributed by atoms with van der Waals surface area (Å²) in [4.78, 5) is 10.6. The highest BCUT2D eigenvalue weighted by atomic mass is 16.3. The first-order valence-corrected chi connectivity index (χ1v) is 23.5. The van der Waals surface area contributed by atoms with E-state index in [1.165, 1.54) is 5.56 Å². The van der Waals surface area contributed by atoms with E-state index in [-0.39, 0.29) is 11.2 Å². The largest absolute Gasteiger partial charge is 0.507 e. The lowest BCUT2D eigenvalue weighted by Gasteiger charge is -2.21. The Morgan fingerprint density at radius 2 is 1.15 bits per heavy atom. The predicted octanol–water partition coefficient (Wildman–Crippen LogP) is 17.1. The molecule has 0 bridgehead atoms. The van der Waals surface area contributed by atoms with E-state index in [4.69, 9.17) is 11.3 Å². The number of pyridine rings is 1. The van der Waals surface area contributed by atoms with Crippen molar-refractivity contribution in [2.24, 2.45) is 0 Å². The van der Waals surface area contributed by atoms with Gasteiger partial charge >= 0.3 is 0 Å². The highest BCUT2D eigenvalue weighted by Gasteiger charge is 2.25. The van der Waals surface area contributed by atoms with E-state index in [0.717, 1.165) is 106 Å². The summed E-state index contributed by atoms with van der Waals surface area (Å²) >= 11 is 0. The molecule has 0 aliphatic heterocycles. The summed E-state index contributed by atoms with van der Waals surface area (Å²) in [5.74, 6) is 0.196. The molecule has 334 valence electrons. The SMILES string of the molecule is [2H]C(C)(C)c1ccc(-c2ccnc(-c3cc(-c4ccccc4)cc(-c4cccc5c4nc(-c4cc(C)cc(C)c4O)n5-c4cc(C)c(-c5ccccc5)cc4-c4ccc(C(C)(C)C)cc4)c3)c2)cc1. The van der Waals surface area contributed by atoms with Crippen LogP contribution in [0.15, 0.2) is 188 Å². The molecule has 10 rings (SSSR count). The van der Waals surface area contributed by atoms with Crippen molar-refractivity contribution in [2.45, 2.75) is 66.7 Å². The number of hydrogen-bond acceptors (Lipinski definition) is 3. The van der Waals surface area contributed by atoms with Crippen LogP contribution in [-0.2, 0) is 5.41 Å². The van der Waals surface area contributed by atoms with E-state index >= 15 is 0 Å². The quantitative estimate of drug-likeness (QED) is 0.157. The second kappa shape index (κ2) is 17.8. The minimum atomic E-state index is -0.679. The van der Waals surface area contributed by atoms with E-state index in [1.807, 2.05) is 57.3 Å². The third-order valence-corrected chi connectivity index (χ3v) is 13.3. The van der Waals surface area contributed by atoms with Crippen LogP contribution in [0.1, 0.15) is 69.7 Å². The average molecular weight is 885 g/mol. The molecule has 10 aromatic rings. The number of rotatable bonds is 9. The molecule has 0 spiro atoms. The monoisotopic (exact) mass is 884 g/mol. The van der Waals surface area contributed by atoms with Gasteiger partial charge in [-0.25, -0.2) is 4.98 Å². The number of aromatic nitrogens is 3. The van der Waals surface area contributed by atoms with Crippen molar-refractivity contribution < 1.29 is 6.48 Å². The molecule has 0 aliphatic rings. The number of nitrogens with zero attached hydrogens (tertiary/aromatic N) is 3. The van der Waals surface area contributed by atoms with Gasteiger partial charge in [-0.2, -0.15) is 0 Å². The van der Waals surface area contributed by atoms with Crippen LogP contribution in [0.2, 0.25) is 0 Å². The lowest BCUT2D eigenvalue weighted by Crippen LogP contribution is -2.10. The summed E-state index contributed by atoms with van der Waals surface area (Å²) in [6, 6.07) is 64.4. The summed E-state index contributed by atoms with van der Waals surface area (Å²) in [5, 5.41) is 12.0. The first-order chi connectivity index (χ1) is 33.1. The van der Waals surface area contributed by atoms with E-state index in [0.29, 0.717) is 11.4 Å². The van der Waals surface area contributed by atoms with Gasteiger partial charge in [0, 0.05) is 24.3 Å². The number of fused-ring (bicyclic) bond motifs is 1. The normalized spacial score (nSPS) is 12.1. The summed E-state index contributed by atoms with van der Waals surface area (Å²) in [5.41, 5.74) is 21.1. The zero-order valence-corrected chi connectivity index (χ0v) is 40.2. The molecule has 0 amide bonds. The molecular weight excluding hydrogens is 827 g/mol. The predicted molar refractivity (Wildman–Crippen MR) is 286 cm³/mol. The number of aromatic hydroxyl groups is 1. The van der Waals surface area contributed by atoms with Gasteiger partial charge in [-0.15, -0.1) is 0 Å². The van der Waals surface area contributed by atoms with Crippen molar-refractivity contribution in [2.75, 3.05) is 0 Å². The van der Waals surface area contributed by atoms with Gasteiger partial charge < -0.3 is 5.11 Å². The Morgan fingerprint density at radius 3 is 1.84 bits per heavy atom. The number of phenolic OH excluding ortho intramolecular Hbond substituents is 1. The molecule has 0 atom stereocenters. The number of para-hydroxylation sites is 1. The number of hydrogen-bond donors (Lipinski definition) is 1. The first-order valence-electron chi connectivity index (χ1n) is 24.0. The fraction of sp³-hybridized carbons (Fsp3) is 0.156. The second-order valence-electron chi connectivity index (χ2n) is 19.5. The van der Waals surface area contributed by atoms with Crippen molar-refractivity contribution >= 4 is 11.0 Å². The number of imidazole rings is 1. The van der Waals surface area contributed by atoms with Crippen LogP contribution in [0.25, 0.3) is 95.0 Å². The minimum absolute atomic E-state index is 0.00228. The maximum absolute atomic E-state index is 12.0. The van der Waals surface area contributed by atoms with Crippen LogP contribution in [0.3, 0.4) is 0 Å². The first kappa shape index (κ1) is 42.8. The third kappa shape index (κ3) is 8.43. The standard InChI is InChI=1S/C64H57N3O/c1-40(2)44-22-24-46(25-23-44)49-30-31-65-58(38-49)52-36-50(45-16-11-9-12-17-45)35-51(37-52)54-20-15-21-59-61(54)66-63(57-33-41(3)32-43(5)62(57)68)67(59)60-34-42(4)55(47-18-13-10-14-19-47)39-56(60)48-26-28-53(29-27-48)64(6,7)8/h9-40,68H,1-8H3/i40D. The highest BCUT2D eigenvalue weighted by molar-refractivity contribution is 5.99. The van der Waals surface area contributed by atoms with Gasteiger partial charge in [-0.1, -0.05) is 162 Å². The van der Waals surface area contributed by atoms with Gasteiger partial charge in [-0.05, 0) is 159 Å². The maximum Gasteiger partial charge on any atom is 0.149 e. The van der Waals surface area contributed by atoms with E-state index in [1.54, 1.807) is 0 Å². The van der Waals surface area contributed by atoms with Gasteiger partial charge in [0.25, 0.3) is 0 Å². The van der Waals surface area contributed by atoms with Crippen LogP contribution < -0.4 is 0 Å². The molecule has 0 fully saturated rings. The van der Waals surface area contributed by atoms with Crippen molar-refractivity contribution in [3.63, 3.8) is 0 Å². The van der Waals surface area contributed by atoms with E-state index in [9.17, 15) is 5.11 Å². The molecule has 4 nitrogen and oxygen atoms in total. The summed E-state index contributed by atoms with van der Waals surface area (Å²) in [6.45, 7) is 16.8. The van der Waals surface area contributed by atoms with Crippen LogP contribution in [0, 0.1) is 20.8 Å². The maximum atomic E-state index is 12.0. The topological polar surface area (TPSA) is 50.9 Å². The van der Waals surface area contributed by atoms with E-state index in [2.05, 4.69) is 191 Å². The van der Waals surface area contributed by atoms with Crippen molar-refractivity contribution in [3.05, 3.63) is 216 Å². The third-order valence-electron chi connectivity index (χ3n) is 13.3. The molecule has 0 aliphatic carbocycles. The molecule has 0 saturated carbocycles. The van der Waals surface area contributed by atoms with Crippen molar-refractivity contribution in [3.8, 4) is 89.7 Å². The Kier molecular flexibility index (Phi) is 11.2. The molecule has 0 saturated heterocycles. The molecule has 4 heteroatoms. The smallest absolute Gasteiger partial charge is 0.149 e. The van der Waals surface area contributed by atoms with Gasteiger partial charge in [0.05, 0.1) is 28.0 Å². The summed E-state index contributed by atoms with van der Waals surface area (Å²) < 4.78 is 10.8. The Morgan fingerprint density at radius 1 is 0.515 bits per heavy atom.